The molecule has 41 heavy (non-hydrogen) atoms. The highest BCUT2D eigenvalue weighted by Crippen LogP contribution is 2.54. The summed E-state index contributed by atoms with van der Waals surface area (Å²) in [5.41, 5.74) is 2.55. The third-order valence-corrected chi connectivity index (χ3v) is 9.93. The maximum atomic E-state index is 13.9. The van der Waals surface area contributed by atoms with Gasteiger partial charge in [-0.05, 0) is 60.5 Å². The molecule has 8 nitrogen and oxygen atoms in total. The minimum Gasteiger partial charge on any atom is -0.497 e. The van der Waals surface area contributed by atoms with Crippen LogP contribution < -0.4 is 19.8 Å². The van der Waals surface area contributed by atoms with Crippen molar-refractivity contribution < 1.29 is 23.5 Å². The highest BCUT2D eigenvalue weighted by Gasteiger charge is 2.56. The summed E-state index contributed by atoms with van der Waals surface area (Å²) in [5, 5.41) is 2.51. The summed E-state index contributed by atoms with van der Waals surface area (Å²) in [6.07, 6.45) is 0. The van der Waals surface area contributed by atoms with Gasteiger partial charge in [0.1, 0.15) is 23.4 Å². The van der Waals surface area contributed by atoms with Crippen molar-refractivity contribution in [3.05, 3.63) is 104 Å². The molecular weight excluding hydrogens is 565 g/mol. The Morgan fingerprint density at radius 1 is 0.976 bits per heavy atom. The number of thioether (sulfide) groups is 1. The maximum Gasteiger partial charge on any atom is 0.308 e. The number of halogens is 1. The van der Waals surface area contributed by atoms with Gasteiger partial charge in [0.2, 0.25) is 17.7 Å². The number of imide groups is 1. The van der Waals surface area contributed by atoms with Crippen LogP contribution >= 0.6 is 23.1 Å². The fraction of sp³-hybridized carbons (Fsp3) is 0.200. The fourth-order valence-corrected chi connectivity index (χ4v) is 8.09. The molecule has 1 fully saturated rings. The molecule has 0 radical (unpaired) electrons. The van der Waals surface area contributed by atoms with Crippen LogP contribution in [0.5, 0.6) is 5.75 Å². The van der Waals surface area contributed by atoms with Gasteiger partial charge in [0, 0.05) is 16.5 Å². The number of anilines is 2. The minimum atomic E-state index is -0.841. The second-order valence-corrected chi connectivity index (χ2v) is 11.9. The Hall–Kier alpha value is -4.22. The fourth-order valence-electron chi connectivity index (χ4n) is 5.32. The molecule has 2 aliphatic rings. The third-order valence-electron chi connectivity index (χ3n) is 7.33. The van der Waals surface area contributed by atoms with Crippen LogP contribution in [-0.2, 0) is 20.9 Å². The Balaban J connectivity index is 1.41. The van der Waals surface area contributed by atoms with Gasteiger partial charge in [-0.1, -0.05) is 53.4 Å². The van der Waals surface area contributed by atoms with E-state index >= 15 is 0 Å². The molecule has 6 rings (SSSR count). The zero-order valence-corrected chi connectivity index (χ0v) is 23.6. The number of carbonyl (C=O) groups is 3. The molecule has 1 aromatic heterocycles. The van der Waals surface area contributed by atoms with Gasteiger partial charge in [0.15, 0.2) is 0 Å². The second kappa shape index (κ2) is 10.6. The Labute approximate surface area is 242 Å². The third kappa shape index (κ3) is 4.74. The summed E-state index contributed by atoms with van der Waals surface area (Å²) in [4.78, 5) is 55.3. The number of benzene rings is 3. The zero-order valence-electron chi connectivity index (χ0n) is 22.0. The quantitative estimate of drug-likeness (QED) is 0.325. The molecular formula is C30H24FN3O5S2. The molecule has 3 amide bonds. The van der Waals surface area contributed by atoms with Crippen LogP contribution in [0, 0.1) is 18.7 Å². The van der Waals surface area contributed by atoms with Crippen molar-refractivity contribution in [2.45, 2.75) is 29.7 Å². The van der Waals surface area contributed by atoms with Crippen LogP contribution in [0.2, 0.25) is 0 Å². The van der Waals surface area contributed by atoms with Gasteiger partial charge in [-0.15, -0.1) is 0 Å². The van der Waals surface area contributed by atoms with Gasteiger partial charge >= 0.3 is 4.87 Å². The number of nitrogens with one attached hydrogen (secondary N) is 1. The van der Waals surface area contributed by atoms with Gasteiger partial charge < -0.3 is 10.1 Å². The lowest BCUT2D eigenvalue weighted by atomic mass is 9.83. The van der Waals surface area contributed by atoms with Crippen LogP contribution in [0.15, 0.2) is 82.6 Å². The molecule has 208 valence electrons. The Morgan fingerprint density at radius 2 is 1.68 bits per heavy atom. The first-order valence-corrected chi connectivity index (χ1v) is 14.5. The smallest absolute Gasteiger partial charge is 0.308 e. The van der Waals surface area contributed by atoms with E-state index < -0.39 is 34.7 Å². The van der Waals surface area contributed by atoms with E-state index in [0.717, 1.165) is 39.1 Å². The lowest BCUT2D eigenvalue weighted by Crippen LogP contribution is -2.33. The van der Waals surface area contributed by atoms with Crippen LogP contribution in [0.1, 0.15) is 21.9 Å². The maximum absolute atomic E-state index is 13.9. The number of thiazole rings is 1. The molecule has 3 heterocycles. The van der Waals surface area contributed by atoms with E-state index in [0.29, 0.717) is 21.3 Å². The van der Waals surface area contributed by atoms with E-state index in [2.05, 4.69) is 5.32 Å². The molecule has 0 bridgehead atoms. The predicted octanol–water partition coefficient (Wildman–Crippen LogP) is 4.80. The van der Waals surface area contributed by atoms with Crippen molar-refractivity contribution in [2.75, 3.05) is 17.3 Å². The number of aryl methyl sites for hydroxylation is 1. The topological polar surface area (TPSA) is 97.7 Å². The Morgan fingerprint density at radius 3 is 2.37 bits per heavy atom. The van der Waals surface area contributed by atoms with Gasteiger partial charge in [-0.3, -0.25) is 23.7 Å². The summed E-state index contributed by atoms with van der Waals surface area (Å²) >= 11 is 2.10. The van der Waals surface area contributed by atoms with Crippen LogP contribution in [0.4, 0.5) is 15.8 Å². The van der Waals surface area contributed by atoms with Crippen molar-refractivity contribution >= 4 is 52.2 Å². The number of para-hydroxylation sites is 1. The van der Waals surface area contributed by atoms with Gasteiger partial charge in [0.25, 0.3) is 0 Å². The van der Waals surface area contributed by atoms with Crippen molar-refractivity contribution in [2.24, 2.45) is 5.92 Å². The van der Waals surface area contributed by atoms with E-state index in [1.54, 1.807) is 25.3 Å². The van der Waals surface area contributed by atoms with Crippen LogP contribution in [0.3, 0.4) is 0 Å². The lowest BCUT2D eigenvalue weighted by molar-refractivity contribution is -0.122. The van der Waals surface area contributed by atoms with E-state index in [9.17, 15) is 23.6 Å². The van der Waals surface area contributed by atoms with E-state index in [1.807, 2.05) is 37.3 Å². The molecule has 11 heteroatoms. The number of fused-ring (bicyclic) bond motifs is 2. The number of rotatable bonds is 6. The highest BCUT2D eigenvalue weighted by molar-refractivity contribution is 8.00. The standard InChI is InChI=1S/C30H24FN3O5S2/c1-16-5-3-4-6-21(16)32-22(35)15-33-29-26(41-30(33)38)23(17-7-13-20(39-2)14-8-17)24-25(40-29)28(37)34(27(24)36)19-11-9-18(31)10-12-19/h3-14,23-25H,15H2,1-2H3,(H,32,35)/t23-,24-,25+/m0/s1. The summed E-state index contributed by atoms with van der Waals surface area (Å²) < 4.78 is 20.3. The summed E-state index contributed by atoms with van der Waals surface area (Å²) in [6.45, 7) is 1.63. The highest BCUT2D eigenvalue weighted by atomic mass is 32.2. The molecule has 0 aliphatic carbocycles. The van der Waals surface area contributed by atoms with Gasteiger partial charge in [-0.2, -0.15) is 0 Å². The van der Waals surface area contributed by atoms with Crippen molar-refractivity contribution in [1.82, 2.24) is 4.57 Å². The number of aromatic nitrogens is 1. The average Bonchev–Trinajstić information content (AvgIpc) is 3.41. The number of hydrogen-bond donors (Lipinski definition) is 1. The molecule has 2 aliphatic heterocycles. The second-order valence-electron chi connectivity index (χ2n) is 9.79. The summed E-state index contributed by atoms with van der Waals surface area (Å²) in [5.74, 6) is -2.52. The van der Waals surface area contributed by atoms with Crippen molar-refractivity contribution in [3.63, 3.8) is 0 Å². The van der Waals surface area contributed by atoms with Gasteiger partial charge in [0.05, 0.1) is 23.7 Å². The normalized spacial score (nSPS) is 19.6. The Bertz CT molecular complexity index is 1730. The Kier molecular flexibility index (Phi) is 7.00. The number of amides is 3. The largest absolute Gasteiger partial charge is 0.497 e. The first kappa shape index (κ1) is 27.0. The molecule has 3 aromatic carbocycles. The number of nitrogens with zero attached hydrogens (tertiary/aromatic N) is 2. The molecule has 0 spiro atoms. The molecule has 1 N–H and O–H groups in total. The molecule has 1 saturated heterocycles. The molecule has 0 saturated carbocycles. The van der Waals surface area contributed by atoms with E-state index in [1.165, 1.54) is 28.8 Å². The molecule has 4 aromatic rings. The average molecular weight is 590 g/mol. The monoisotopic (exact) mass is 589 g/mol. The van der Waals surface area contributed by atoms with Crippen LogP contribution in [-0.4, -0.2) is 34.6 Å². The van der Waals surface area contributed by atoms with Crippen LogP contribution in [0.25, 0.3) is 0 Å². The van der Waals surface area contributed by atoms with Crippen molar-refractivity contribution in [3.8, 4) is 5.75 Å². The number of carbonyl (C=O) groups excluding carboxylic acids is 3. The molecule has 0 unspecified atom stereocenters. The molecule has 3 atom stereocenters. The SMILES string of the molecule is COc1ccc([C@@H]2c3sc(=O)n(CC(=O)Nc4ccccc4C)c3S[C@H]3C(=O)N(c4ccc(F)cc4)C(=O)[C@@H]23)cc1. The number of hydrogen-bond acceptors (Lipinski definition) is 7. The van der Waals surface area contributed by atoms with E-state index in [4.69, 9.17) is 4.74 Å². The number of ether oxygens (including phenoxy) is 1. The first-order valence-electron chi connectivity index (χ1n) is 12.8. The summed E-state index contributed by atoms with van der Waals surface area (Å²) in [6, 6.07) is 19.7. The lowest BCUT2D eigenvalue weighted by Gasteiger charge is -2.30. The van der Waals surface area contributed by atoms with E-state index in [-0.39, 0.29) is 23.0 Å². The zero-order chi connectivity index (χ0) is 28.8. The summed E-state index contributed by atoms with van der Waals surface area (Å²) in [7, 11) is 1.55. The van der Waals surface area contributed by atoms with Gasteiger partial charge in [-0.25, -0.2) is 9.29 Å². The van der Waals surface area contributed by atoms with Crippen molar-refractivity contribution in [1.29, 1.82) is 0 Å². The minimum absolute atomic E-state index is 0.247. The first-order chi connectivity index (χ1) is 19.8. The predicted molar refractivity (Wildman–Crippen MR) is 155 cm³/mol. The number of methoxy groups -OCH3 is 1.